The molecule has 2 aliphatic heterocycles. The van der Waals surface area contributed by atoms with Crippen molar-refractivity contribution in [1.29, 1.82) is 0 Å². The zero-order chi connectivity index (χ0) is 31.9. The number of nitrogens with one attached hydrogen (secondary N) is 3. The lowest BCUT2D eigenvalue weighted by molar-refractivity contribution is -0.140. The van der Waals surface area contributed by atoms with Crippen molar-refractivity contribution in [1.82, 2.24) is 25.8 Å². The first-order chi connectivity index (χ1) is 21.7. The van der Waals surface area contributed by atoms with Gasteiger partial charge in [-0.15, -0.1) is 0 Å². The van der Waals surface area contributed by atoms with Gasteiger partial charge in [0.05, 0.1) is 24.8 Å². The molecule has 0 unspecified atom stereocenters. The Morgan fingerprint density at radius 3 is 2.53 bits per heavy atom. The SMILES string of the molecule is CN[C@H](CCC1CCNCC1)C(=O)N1C[C@H](OCc2ccc(Cl)cc2)C[C@H]1C(=O)N[C@H](C(=O)c1nc2ccccc2o1)C(C)C. The molecular formula is C34H44ClN5O5. The maximum atomic E-state index is 14.0. The maximum Gasteiger partial charge on any atom is 0.266 e. The van der Waals surface area contributed by atoms with Gasteiger partial charge >= 0.3 is 0 Å². The van der Waals surface area contributed by atoms with E-state index in [2.05, 4.69) is 20.9 Å². The van der Waals surface area contributed by atoms with Gasteiger partial charge < -0.3 is 30.0 Å². The summed E-state index contributed by atoms with van der Waals surface area (Å²) in [5, 5.41) is 10.2. The van der Waals surface area contributed by atoms with Gasteiger partial charge in [0.15, 0.2) is 5.58 Å². The third kappa shape index (κ3) is 8.30. The number of ketones is 1. The van der Waals surface area contributed by atoms with Gasteiger partial charge in [-0.25, -0.2) is 4.98 Å². The van der Waals surface area contributed by atoms with Crippen molar-refractivity contribution in [2.75, 3.05) is 26.7 Å². The molecule has 45 heavy (non-hydrogen) atoms. The van der Waals surface area contributed by atoms with Crippen LogP contribution < -0.4 is 16.0 Å². The topological polar surface area (TPSA) is 126 Å². The number of amides is 2. The third-order valence-corrected chi connectivity index (χ3v) is 9.22. The first kappa shape index (κ1) is 33.1. The van der Waals surface area contributed by atoms with Crippen LogP contribution in [-0.4, -0.2) is 78.4 Å². The van der Waals surface area contributed by atoms with Crippen molar-refractivity contribution in [2.24, 2.45) is 11.8 Å². The Balaban J connectivity index is 1.31. The molecule has 3 aromatic rings. The number of rotatable bonds is 13. The molecule has 2 fully saturated rings. The molecule has 3 N–H and O–H groups in total. The smallest absolute Gasteiger partial charge is 0.266 e. The van der Waals surface area contributed by atoms with Crippen molar-refractivity contribution in [3.8, 4) is 0 Å². The van der Waals surface area contributed by atoms with Crippen molar-refractivity contribution in [3.05, 3.63) is 65.0 Å². The third-order valence-electron chi connectivity index (χ3n) is 8.97. The summed E-state index contributed by atoms with van der Waals surface area (Å²) < 4.78 is 12.0. The molecule has 1 aromatic heterocycles. The average molecular weight is 638 g/mol. The number of halogens is 1. The van der Waals surface area contributed by atoms with Crippen LogP contribution in [0.25, 0.3) is 11.1 Å². The summed E-state index contributed by atoms with van der Waals surface area (Å²) in [7, 11) is 1.79. The number of carbonyl (C=O) groups is 3. The number of likely N-dealkylation sites (tertiary alicyclic amines) is 1. The number of fused-ring (bicyclic) bond motifs is 1. The first-order valence-corrected chi connectivity index (χ1v) is 16.4. The van der Waals surface area contributed by atoms with Crippen LogP contribution in [0.1, 0.15) is 62.2 Å². The van der Waals surface area contributed by atoms with Crippen LogP contribution in [0.3, 0.4) is 0 Å². The van der Waals surface area contributed by atoms with Gasteiger partial charge in [-0.2, -0.15) is 0 Å². The predicted molar refractivity (Wildman–Crippen MR) is 173 cm³/mol. The fraction of sp³-hybridized carbons (Fsp3) is 0.529. The molecule has 0 radical (unpaired) electrons. The lowest BCUT2D eigenvalue weighted by atomic mass is 9.91. The van der Waals surface area contributed by atoms with E-state index in [0.717, 1.165) is 37.9 Å². The van der Waals surface area contributed by atoms with Gasteiger partial charge in [-0.3, -0.25) is 14.4 Å². The standard InChI is InChI=1S/C34H44ClN5O5/c1-21(2)30(31(41)33-38-26-6-4-5-7-29(26)45-33)39-32(42)28-18-25(44-20-23-8-11-24(35)12-9-23)19-40(28)34(43)27(36-3)13-10-22-14-16-37-17-15-22/h4-9,11-12,21-22,25,27-28,30,36-37H,10,13-20H2,1-3H3,(H,39,42)/t25-,27-,28+,30+/m1/s1. The van der Waals surface area contributed by atoms with Gasteiger partial charge in [0.1, 0.15) is 11.6 Å². The highest BCUT2D eigenvalue weighted by molar-refractivity contribution is 6.30. The summed E-state index contributed by atoms with van der Waals surface area (Å²) in [6, 6.07) is 12.5. The number of piperidine rings is 1. The number of likely N-dealkylation sites (N-methyl/N-ethyl adjacent to an activating group) is 1. The van der Waals surface area contributed by atoms with E-state index in [0.29, 0.717) is 41.5 Å². The monoisotopic (exact) mass is 637 g/mol. The van der Waals surface area contributed by atoms with E-state index < -0.39 is 29.8 Å². The lowest BCUT2D eigenvalue weighted by Gasteiger charge is -2.30. The lowest BCUT2D eigenvalue weighted by Crippen LogP contribution is -2.55. The summed E-state index contributed by atoms with van der Waals surface area (Å²) >= 11 is 6.04. The molecule has 5 rings (SSSR count). The summed E-state index contributed by atoms with van der Waals surface area (Å²) in [6.45, 7) is 6.33. The number of para-hydroxylation sites is 2. The fourth-order valence-electron chi connectivity index (χ4n) is 6.26. The van der Waals surface area contributed by atoms with Gasteiger partial charge in [0, 0.05) is 18.0 Å². The van der Waals surface area contributed by atoms with Crippen LogP contribution in [0.15, 0.2) is 52.9 Å². The average Bonchev–Trinajstić information content (AvgIpc) is 3.68. The Labute approximate surface area is 269 Å². The highest BCUT2D eigenvalue weighted by atomic mass is 35.5. The minimum atomic E-state index is -0.878. The van der Waals surface area contributed by atoms with E-state index >= 15 is 0 Å². The van der Waals surface area contributed by atoms with Gasteiger partial charge in [0.25, 0.3) is 5.89 Å². The van der Waals surface area contributed by atoms with Crippen LogP contribution in [0, 0.1) is 11.8 Å². The van der Waals surface area contributed by atoms with Crippen molar-refractivity contribution >= 4 is 40.3 Å². The Morgan fingerprint density at radius 1 is 1.11 bits per heavy atom. The number of carbonyl (C=O) groups excluding carboxylic acids is 3. The number of Topliss-reactive ketones (excluding diaryl/α,β-unsaturated/α-hetero) is 1. The highest BCUT2D eigenvalue weighted by Gasteiger charge is 2.43. The Bertz CT molecular complexity index is 1420. The van der Waals surface area contributed by atoms with Crippen molar-refractivity contribution in [2.45, 2.75) is 76.8 Å². The molecule has 0 spiro atoms. The molecule has 0 bridgehead atoms. The van der Waals surface area contributed by atoms with Gasteiger partial charge in [-0.1, -0.05) is 49.7 Å². The molecule has 0 aliphatic carbocycles. The molecule has 2 aliphatic rings. The van der Waals surface area contributed by atoms with Gasteiger partial charge in [-0.05, 0) is 87.5 Å². The van der Waals surface area contributed by atoms with E-state index in [1.165, 1.54) is 0 Å². The molecule has 4 atom stereocenters. The summed E-state index contributed by atoms with van der Waals surface area (Å²) in [6.07, 6.45) is 3.79. The number of oxazole rings is 1. The van der Waals surface area contributed by atoms with Crippen LogP contribution >= 0.6 is 11.6 Å². The Morgan fingerprint density at radius 2 is 1.84 bits per heavy atom. The highest BCUT2D eigenvalue weighted by Crippen LogP contribution is 2.26. The van der Waals surface area contributed by atoms with E-state index in [1.807, 2.05) is 38.1 Å². The minimum absolute atomic E-state index is 0.0492. The zero-order valence-electron chi connectivity index (χ0n) is 26.3. The second-order valence-electron chi connectivity index (χ2n) is 12.5. The van der Waals surface area contributed by atoms with E-state index in [4.69, 9.17) is 20.8 Å². The molecule has 242 valence electrons. The number of ether oxygens (including phenoxy) is 1. The van der Waals surface area contributed by atoms with Crippen LogP contribution in [0.2, 0.25) is 5.02 Å². The molecule has 3 heterocycles. The molecule has 2 amide bonds. The predicted octanol–water partition coefficient (Wildman–Crippen LogP) is 4.36. The van der Waals surface area contributed by atoms with E-state index in [9.17, 15) is 14.4 Å². The number of nitrogens with zero attached hydrogens (tertiary/aromatic N) is 2. The Kier molecular flexibility index (Phi) is 11.3. The molecular weight excluding hydrogens is 594 g/mol. The number of hydrogen-bond acceptors (Lipinski definition) is 8. The maximum absolute atomic E-state index is 14.0. The van der Waals surface area contributed by atoms with Crippen LogP contribution in [0.4, 0.5) is 0 Å². The molecule has 0 saturated carbocycles. The number of benzene rings is 2. The second-order valence-corrected chi connectivity index (χ2v) is 12.9. The summed E-state index contributed by atoms with van der Waals surface area (Å²) in [4.78, 5) is 47.5. The number of hydrogen-bond donors (Lipinski definition) is 3. The summed E-state index contributed by atoms with van der Waals surface area (Å²) in [5.41, 5.74) is 2.03. The van der Waals surface area contributed by atoms with E-state index in [-0.39, 0.29) is 30.4 Å². The van der Waals surface area contributed by atoms with Crippen molar-refractivity contribution in [3.63, 3.8) is 0 Å². The van der Waals surface area contributed by atoms with Gasteiger partial charge in [0.2, 0.25) is 17.6 Å². The quantitative estimate of drug-likeness (QED) is 0.236. The minimum Gasteiger partial charge on any atom is -0.434 e. The second kappa shape index (κ2) is 15.3. The zero-order valence-corrected chi connectivity index (χ0v) is 27.0. The van der Waals surface area contributed by atoms with Crippen LogP contribution in [-0.2, 0) is 20.9 Å². The first-order valence-electron chi connectivity index (χ1n) is 16.0. The number of aromatic nitrogens is 1. The largest absolute Gasteiger partial charge is 0.434 e. The normalized spacial score (nSPS) is 20.4. The molecule has 10 nitrogen and oxygen atoms in total. The van der Waals surface area contributed by atoms with Crippen molar-refractivity contribution < 1.29 is 23.5 Å². The summed E-state index contributed by atoms with van der Waals surface area (Å²) in [5.74, 6) is -0.641. The fourth-order valence-corrected chi connectivity index (χ4v) is 6.39. The molecule has 2 aromatic carbocycles. The molecule has 11 heteroatoms. The van der Waals surface area contributed by atoms with Crippen LogP contribution in [0.5, 0.6) is 0 Å². The molecule has 2 saturated heterocycles. The van der Waals surface area contributed by atoms with E-state index in [1.54, 1.807) is 36.2 Å². The Hall–Kier alpha value is -3.31.